The van der Waals surface area contributed by atoms with E-state index < -0.39 is 34.7 Å². The lowest BCUT2D eigenvalue weighted by molar-refractivity contribution is -0.142. The third-order valence-corrected chi connectivity index (χ3v) is 3.87. The second kappa shape index (κ2) is 6.27. The molecule has 2 atom stereocenters. The Balaban J connectivity index is 2.16. The lowest BCUT2D eigenvalue weighted by Crippen LogP contribution is -2.50. The molecule has 0 fully saturated rings. The van der Waals surface area contributed by atoms with Crippen molar-refractivity contribution in [2.75, 3.05) is 7.11 Å². The first-order valence-corrected chi connectivity index (χ1v) is 7.29. The van der Waals surface area contributed by atoms with Crippen LogP contribution in [0.3, 0.4) is 0 Å². The monoisotopic (exact) mass is 368 g/mol. The molecule has 0 saturated carbocycles. The largest absolute Gasteiger partial charge is 0.467 e. The van der Waals surface area contributed by atoms with Gasteiger partial charge < -0.3 is 10.1 Å². The highest BCUT2D eigenvalue weighted by Gasteiger charge is 2.41. The topological polar surface area (TPSA) is 92.8 Å². The van der Waals surface area contributed by atoms with Crippen molar-refractivity contribution in [2.45, 2.75) is 17.9 Å². The quantitative estimate of drug-likeness (QED) is 0.365. The highest BCUT2D eigenvalue weighted by molar-refractivity contribution is 9.10. The number of carbonyl (C=O) groups is 4. The molecule has 22 heavy (non-hydrogen) atoms. The van der Waals surface area contributed by atoms with Crippen molar-refractivity contribution in [1.82, 2.24) is 10.2 Å². The summed E-state index contributed by atoms with van der Waals surface area (Å²) in [6.45, 7) is 1.41. The number of amides is 3. The first kappa shape index (κ1) is 16.2. The minimum Gasteiger partial charge on any atom is -0.467 e. The van der Waals surface area contributed by atoms with E-state index in [0.29, 0.717) is 0 Å². The van der Waals surface area contributed by atoms with Gasteiger partial charge in [0.2, 0.25) is 5.91 Å². The number of fused-ring (bicyclic) bond motifs is 1. The Morgan fingerprint density at radius 3 is 2.14 bits per heavy atom. The molecule has 1 aliphatic rings. The lowest BCUT2D eigenvalue weighted by atomic mass is 10.1. The minimum atomic E-state index is -1.06. The van der Waals surface area contributed by atoms with Crippen LogP contribution in [0.5, 0.6) is 0 Å². The molecule has 2 rings (SSSR count). The summed E-state index contributed by atoms with van der Waals surface area (Å²) in [7, 11) is 1.18. The van der Waals surface area contributed by atoms with Gasteiger partial charge in [0.15, 0.2) is 4.95 Å². The number of carbonyl (C=O) groups excluding carboxylic acids is 4. The van der Waals surface area contributed by atoms with Crippen LogP contribution < -0.4 is 5.32 Å². The van der Waals surface area contributed by atoms with Gasteiger partial charge in [0.1, 0.15) is 6.04 Å². The number of nitrogens with zero attached hydrogens (tertiary/aromatic N) is 1. The van der Waals surface area contributed by atoms with Crippen LogP contribution in [0, 0.1) is 0 Å². The Morgan fingerprint density at radius 2 is 1.68 bits per heavy atom. The van der Waals surface area contributed by atoms with Gasteiger partial charge in [-0.05, 0) is 19.1 Å². The van der Waals surface area contributed by atoms with Gasteiger partial charge in [-0.2, -0.15) is 0 Å². The van der Waals surface area contributed by atoms with Crippen molar-refractivity contribution in [1.29, 1.82) is 0 Å². The zero-order chi connectivity index (χ0) is 16.4. The summed E-state index contributed by atoms with van der Waals surface area (Å²) >= 11 is 2.94. The highest BCUT2D eigenvalue weighted by Crippen LogP contribution is 2.24. The molecule has 0 spiro atoms. The van der Waals surface area contributed by atoms with Crippen LogP contribution in [0.1, 0.15) is 27.6 Å². The van der Waals surface area contributed by atoms with Crippen molar-refractivity contribution in [3.05, 3.63) is 35.4 Å². The molecule has 0 saturated heterocycles. The zero-order valence-electron chi connectivity index (χ0n) is 11.8. The van der Waals surface area contributed by atoms with Crippen LogP contribution in [0.4, 0.5) is 0 Å². The molecule has 1 aromatic carbocycles. The fraction of sp³-hybridized carbons (Fsp3) is 0.286. The van der Waals surface area contributed by atoms with E-state index in [-0.39, 0.29) is 11.1 Å². The Labute approximate surface area is 134 Å². The molecule has 0 bridgehead atoms. The average Bonchev–Trinajstić information content (AvgIpc) is 2.77. The molecule has 1 aromatic rings. The molecule has 1 N–H and O–H groups in total. The Bertz CT molecular complexity index is 625. The molecule has 0 aromatic heterocycles. The summed E-state index contributed by atoms with van der Waals surface area (Å²) in [5.41, 5.74) is 0.519. The van der Waals surface area contributed by atoms with Crippen molar-refractivity contribution >= 4 is 39.6 Å². The summed E-state index contributed by atoms with van der Waals surface area (Å²) in [5, 5.41) is 2.33. The number of benzene rings is 1. The van der Waals surface area contributed by atoms with Crippen molar-refractivity contribution in [3.8, 4) is 0 Å². The first-order chi connectivity index (χ1) is 10.4. The van der Waals surface area contributed by atoms with E-state index in [1.807, 2.05) is 0 Å². The molecule has 1 heterocycles. The third-order valence-electron chi connectivity index (χ3n) is 3.27. The molecule has 0 radical (unpaired) electrons. The molecule has 8 heteroatoms. The predicted octanol–water partition coefficient (Wildman–Crippen LogP) is 0.681. The molecule has 3 amide bonds. The average molecular weight is 369 g/mol. The molecule has 2 unspecified atom stereocenters. The van der Waals surface area contributed by atoms with E-state index in [9.17, 15) is 19.2 Å². The number of halogens is 1. The summed E-state index contributed by atoms with van der Waals surface area (Å²) in [4.78, 5) is 47.7. The fourth-order valence-electron chi connectivity index (χ4n) is 2.08. The van der Waals surface area contributed by atoms with Crippen LogP contribution in [-0.4, -0.2) is 46.7 Å². The molecule has 1 aliphatic heterocycles. The SMILES string of the molecule is COC(=O)C(Br)NC(=O)C(C)N1C(=O)c2ccccc2C1=O. The summed E-state index contributed by atoms with van der Waals surface area (Å²) < 4.78 is 4.46. The number of hydrogen-bond acceptors (Lipinski definition) is 5. The number of esters is 1. The van der Waals surface area contributed by atoms with Gasteiger partial charge in [0.05, 0.1) is 18.2 Å². The van der Waals surface area contributed by atoms with E-state index >= 15 is 0 Å². The number of hydrogen-bond donors (Lipinski definition) is 1. The number of ether oxygens (including phenoxy) is 1. The van der Waals surface area contributed by atoms with Gasteiger partial charge in [-0.1, -0.05) is 28.1 Å². The second-order valence-electron chi connectivity index (χ2n) is 4.60. The maximum atomic E-state index is 12.3. The fourth-order valence-corrected chi connectivity index (χ4v) is 2.50. The maximum absolute atomic E-state index is 12.3. The summed E-state index contributed by atoms with van der Waals surface area (Å²) in [6.07, 6.45) is 0. The van der Waals surface area contributed by atoms with Gasteiger partial charge in [-0.25, -0.2) is 4.79 Å². The summed E-state index contributed by atoms with van der Waals surface area (Å²) in [6, 6.07) is 5.29. The number of rotatable bonds is 4. The Hall–Kier alpha value is -2.22. The van der Waals surface area contributed by atoms with Gasteiger partial charge >= 0.3 is 5.97 Å². The smallest absolute Gasteiger partial charge is 0.339 e. The predicted molar refractivity (Wildman–Crippen MR) is 79.3 cm³/mol. The minimum absolute atomic E-state index is 0.260. The summed E-state index contributed by atoms with van der Waals surface area (Å²) in [5.74, 6) is -2.41. The first-order valence-electron chi connectivity index (χ1n) is 6.37. The number of nitrogens with one attached hydrogen (secondary N) is 1. The number of imide groups is 1. The lowest BCUT2D eigenvalue weighted by Gasteiger charge is -2.22. The van der Waals surface area contributed by atoms with Gasteiger partial charge in [-0.15, -0.1) is 0 Å². The van der Waals surface area contributed by atoms with Crippen LogP contribution in [0.2, 0.25) is 0 Å². The normalized spacial score (nSPS) is 16.0. The number of alkyl halides is 1. The Morgan fingerprint density at radius 1 is 1.18 bits per heavy atom. The van der Waals surface area contributed by atoms with Gasteiger partial charge in [0.25, 0.3) is 11.8 Å². The zero-order valence-corrected chi connectivity index (χ0v) is 13.4. The van der Waals surface area contributed by atoms with Gasteiger partial charge in [-0.3, -0.25) is 19.3 Å². The molecule has 116 valence electrons. The molecular formula is C14H13BrN2O5. The molecule has 0 aliphatic carbocycles. The molecule has 7 nitrogen and oxygen atoms in total. The standard InChI is InChI=1S/C14H13BrN2O5/c1-7(11(18)16-10(15)14(21)22-2)17-12(19)8-5-3-4-6-9(8)13(17)20/h3-7,10H,1-2H3,(H,16,18). The van der Waals surface area contributed by atoms with Crippen LogP contribution >= 0.6 is 15.9 Å². The molecular weight excluding hydrogens is 356 g/mol. The van der Waals surface area contributed by atoms with E-state index in [4.69, 9.17) is 0 Å². The van der Waals surface area contributed by atoms with Crippen LogP contribution in [-0.2, 0) is 14.3 Å². The third kappa shape index (κ3) is 2.74. The number of methoxy groups -OCH3 is 1. The second-order valence-corrected chi connectivity index (χ2v) is 5.51. The van der Waals surface area contributed by atoms with Gasteiger partial charge in [0, 0.05) is 0 Å². The highest BCUT2D eigenvalue weighted by atomic mass is 79.9. The van der Waals surface area contributed by atoms with E-state index in [2.05, 4.69) is 26.0 Å². The van der Waals surface area contributed by atoms with E-state index in [1.165, 1.54) is 26.2 Å². The van der Waals surface area contributed by atoms with E-state index in [1.54, 1.807) is 12.1 Å². The van der Waals surface area contributed by atoms with Crippen LogP contribution in [0.25, 0.3) is 0 Å². The Kier molecular flexibility index (Phi) is 4.60. The van der Waals surface area contributed by atoms with Crippen molar-refractivity contribution in [2.24, 2.45) is 0 Å². The van der Waals surface area contributed by atoms with E-state index in [0.717, 1.165) is 4.90 Å². The van der Waals surface area contributed by atoms with Crippen molar-refractivity contribution in [3.63, 3.8) is 0 Å². The maximum Gasteiger partial charge on any atom is 0.339 e. The van der Waals surface area contributed by atoms with Crippen molar-refractivity contribution < 1.29 is 23.9 Å². The van der Waals surface area contributed by atoms with Crippen LogP contribution in [0.15, 0.2) is 24.3 Å².